The number of fused-ring (bicyclic) bond motifs is 1. The third-order valence-electron chi connectivity index (χ3n) is 4.87. The van der Waals surface area contributed by atoms with Crippen molar-refractivity contribution in [1.82, 2.24) is 4.98 Å². The Labute approximate surface area is 193 Å². The standard InChI is InChI=1S/C25H16Cl2N2O3/c1-30-18-6-2-15(3-7-18)25-29-22-13-17(5-10-24(22)32-25)28-14-19-8-11-23(31-19)20-9-4-16(26)12-21(20)27/h2-14H,1H3. The number of aromatic nitrogens is 1. The topological polar surface area (TPSA) is 60.8 Å². The quantitative estimate of drug-likeness (QED) is 0.249. The van der Waals surface area contributed by atoms with Crippen molar-refractivity contribution in [2.75, 3.05) is 7.11 Å². The van der Waals surface area contributed by atoms with Gasteiger partial charge in [0, 0.05) is 16.1 Å². The maximum Gasteiger partial charge on any atom is 0.227 e. The lowest BCUT2D eigenvalue weighted by Gasteiger charge is -2.00. The van der Waals surface area contributed by atoms with Crippen molar-refractivity contribution < 1.29 is 13.6 Å². The number of ether oxygens (including phenoxy) is 1. The summed E-state index contributed by atoms with van der Waals surface area (Å²) in [5.41, 5.74) is 3.78. The highest BCUT2D eigenvalue weighted by atomic mass is 35.5. The van der Waals surface area contributed by atoms with E-state index in [1.165, 1.54) is 0 Å². The van der Waals surface area contributed by atoms with Crippen LogP contribution in [0.4, 0.5) is 5.69 Å². The van der Waals surface area contributed by atoms with Crippen LogP contribution in [-0.2, 0) is 0 Å². The summed E-state index contributed by atoms with van der Waals surface area (Å²) in [7, 11) is 1.63. The number of furan rings is 1. The van der Waals surface area contributed by atoms with Crippen molar-refractivity contribution in [1.29, 1.82) is 0 Å². The summed E-state index contributed by atoms with van der Waals surface area (Å²) in [6.45, 7) is 0. The zero-order chi connectivity index (χ0) is 22.1. The summed E-state index contributed by atoms with van der Waals surface area (Å²) in [6.07, 6.45) is 1.65. The lowest BCUT2D eigenvalue weighted by Crippen LogP contribution is -1.82. The van der Waals surface area contributed by atoms with Crippen LogP contribution in [0.3, 0.4) is 0 Å². The van der Waals surface area contributed by atoms with Gasteiger partial charge in [-0.3, -0.25) is 4.99 Å². The molecule has 2 aromatic heterocycles. The molecule has 0 saturated heterocycles. The van der Waals surface area contributed by atoms with Gasteiger partial charge in [-0.15, -0.1) is 0 Å². The van der Waals surface area contributed by atoms with Gasteiger partial charge in [0.05, 0.1) is 24.0 Å². The predicted molar refractivity (Wildman–Crippen MR) is 127 cm³/mol. The number of nitrogens with zero attached hydrogens (tertiary/aromatic N) is 2. The van der Waals surface area contributed by atoms with E-state index in [0.717, 1.165) is 28.1 Å². The van der Waals surface area contributed by atoms with E-state index >= 15 is 0 Å². The molecule has 0 radical (unpaired) electrons. The van der Waals surface area contributed by atoms with E-state index in [9.17, 15) is 0 Å². The number of rotatable bonds is 5. The summed E-state index contributed by atoms with van der Waals surface area (Å²) < 4.78 is 16.9. The maximum absolute atomic E-state index is 6.26. The first-order valence-corrected chi connectivity index (χ1v) is 10.5. The Bertz CT molecular complexity index is 1440. The van der Waals surface area contributed by atoms with Crippen LogP contribution in [0.2, 0.25) is 10.0 Å². The Hall–Kier alpha value is -3.54. The second kappa shape index (κ2) is 8.54. The SMILES string of the molecule is COc1ccc(-c2nc3cc(N=Cc4ccc(-c5ccc(Cl)cc5Cl)o4)ccc3o2)cc1. The summed E-state index contributed by atoms with van der Waals surface area (Å²) >= 11 is 12.2. The van der Waals surface area contributed by atoms with Crippen LogP contribution in [0.15, 0.2) is 86.6 Å². The van der Waals surface area contributed by atoms with Gasteiger partial charge >= 0.3 is 0 Å². The number of halogens is 2. The van der Waals surface area contributed by atoms with Crippen molar-refractivity contribution in [2.45, 2.75) is 0 Å². The highest BCUT2D eigenvalue weighted by Gasteiger charge is 2.10. The monoisotopic (exact) mass is 462 g/mol. The number of hydrogen-bond acceptors (Lipinski definition) is 5. The molecule has 158 valence electrons. The van der Waals surface area contributed by atoms with Crippen molar-refractivity contribution in [3.05, 3.63) is 88.6 Å². The van der Waals surface area contributed by atoms with Gasteiger partial charge < -0.3 is 13.6 Å². The minimum absolute atomic E-state index is 0.527. The molecular formula is C25H16Cl2N2O3. The summed E-state index contributed by atoms with van der Waals surface area (Å²) in [6, 6.07) is 22.1. The fourth-order valence-electron chi connectivity index (χ4n) is 3.25. The van der Waals surface area contributed by atoms with E-state index in [-0.39, 0.29) is 0 Å². The summed E-state index contributed by atoms with van der Waals surface area (Å²) in [4.78, 5) is 9.09. The number of hydrogen-bond donors (Lipinski definition) is 0. The molecule has 3 aromatic carbocycles. The first kappa shape index (κ1) is 20.4. The molecule has 0 fully saturated rings. The van der Waals surface area contributed by atoms with Gasteiger partial charge in [0.2, 0.25) is 5.89 Å². The lowest BCUT2D eigenvalue weighted by molar-refractivity contribution is 0.415. The molecule has 2 heterocycles. The molecule has 0 spiro atoms. The molecule has 5 aromatic rings. The van der Waals surface area contributed by atoms with Gasteiger partial charge in [-0.1, -0.05) is 23.2 Å². The van der Waals surface area contributed by atoms with Crippen LogP contribution in [0.25, 0.3) is 33.9 Å². The molecule has 0 N–H and O–H groups in total. The fourth-order valence-corrected chi connectivity index (χ4v) is 3.75. The van der Waals surface area contributed by atoms with Crippen molar-refractivity contribution in [2.24, 2.45) is 4.99 Å². The van der Waals surface area contributed by atoms with Gasteiger partial charge in [-0.25, -0.2) is 4.98 Å². The van der Waals surface area contributed by atoms with Gasteiger partial charge in [0.1, 0.15) is 22.8 Å². The van der Waals surface area contributed by atoms with Gasteiger partial charge in [-0.05, 0) is 72.8 Å². The normalized spacial score (nSPS) is 11.5. The van der Waals surface area contributed by atoms with E-state index in [1.807, 2.05) is 60.7 Å². The maximum atomic E-state index is 6.26. The molecule has 5 nitrogen and oxygen atoms in total. The third-order valence-corrected chi connectivity index (χ3v) is 5.42. The molecule has 0 aliphatic heterocycles. The highest BCUT2D eigenvalue weighted by Crippen LogP contribution is 2.32. The molecule has 0 atom stereocenters. The average molecular weight is 463 g/mol. The Morgan fingerprint density at radius 3 is 2.53 bits per heavy atom. The molecule has 32 heavy (non-hydrogen) atoms. The predicted octanol–water partition coefficient (Wildman–Crippen LogP) is 7.82. The molecule has 0 aliphatic carbocycles. The van der Waals surface area contributed by atoms with Crippen LogP contribution in [0.1, 0.15) is 5.76 Å². The molecule has 0 aliphatic rings. The van der Waals surface area contributed by atoms with Crippen LogP contribution in [0.5, 0.6) is 5.75 Å². The Balaban J connectivity index is 1.37. The Kier molecular flexibility index (Phi) is 5.43. The highest BCUT2D eigenvalue weighted by molar-refractivity contribution is 6.36. The largest absolute Gasteiger partial charge is 0.497 e. The smallest absolute Gasteiger partial charge is 0.227 e. The fraction of sp³-hybridized carbons (Fsp3) is 0.0400. The minimum atomic E-state index is 0.527. The molecule has 5 rings (SSSR count). The van der Waals surface area contributed by atoms with Crippen molar-refractivity contribution >= 4 is 46.2 Å². The summed E-state index contributed by atoms with van der Waals surface area (Å²) in [5.74, 6) is 2.56. The van der Waals surface area contributed by atoms with Crippen LogP contribution >= 0.6 is 23.2 Å². The number of methoxy groups -OCH3 is 1. The van der Waals surface area contributed by atoms with Gasteiger partial charge in [0.25, 0.3) is 0 Å². The van der Waals surface area contributed by atoms with E-state index in [1.54, 1.807) is 25.5 Å². The number of benzene rings is 3. The van der Waals surface area contributed by atoms with Gasteiger partial charge in [-0.2, -0.15) is 0 Å². The molecule has 0 bridgehead atoms. The van der Waals surface area contributed by atoms with Crippen molar-refractivity contribution in [3.63, 3.8) is 0 Å². The van der Waals surface area contributed by atoms with E-state index in [0.29, 0.717) is 33.0 Å². The second-order valence-corrected chi connectivity index (χ2v) is 7.83. The van der Waals surface area contributed by atoms with Crippen LogP contribution in [0, 0.1) is 0 Å². The van der Waals surface area contributed by atoms with Crippen LogP contribution < -0.4 is 4.74 Å². The van der Waals surface area contributed by atoms with Gasteiger partial charge in [0.15, 0.2) is 5.58 Å². The van der Waals surface area contributed by atoms with Crippen LogP contribution in [-0.4, -0.2) is 18.3 Å². The molecule has 0 unspecified atom stereocenters. The second-order valence-electron chi connectivity index (χ2n) is 6.98. The van der Waals surface area contributed by atoms with E-state index in [4.69, 9.17) is 36.8 Å². The molecule has 0 amide bonds. The zero-order valence-electron chi connectivity index (χ0n) is 16.9. The zero-order valence-corrected chi connectivity index (χ0v) is 18.4. The molecular weight excluding hydrogens is 447 g/mol. The Morgan fingerprint density at radius 1 is 0.906 bits per heavy atom. The van der Waals surface area contributed by atoms with E-state index in [2.05, 4.69) is 9.98 Å². The number of oxazole rings is 1. The molecule has 7 heteroatoms. The number of aliphatic imine (C=N–C) groups is 1. The lowest BCUT2D eigenvalue weighted by atomic mass is 10.2. The first-order valence-electron chi connectivity index (χ1n) is 9.73. The molecule has 0 saturated carbocycles. The average Bonchev–Trinajstić information content (AvgIpc) is 3.44. The summed E-state index contributed by atoms with van der Waals surface area (Å²) in [5, 5.41) is 1.10. The minimum Gasteiger partial charge on any atom is -0.497 e. The Morgan fingerprint density at radius 2 is 1.75 bits per heavy atom. The van der Waals surface area contributed by atoms with E-state index < -0.39 is 0 Å². The van der Waals surface area contributed by atoms with Crippen molar-refractivity contribution in [3.8, 4) is 28.5 Å². The first-order chi connectivity index (χ1) is 15.6. The third kappa shape index (κ3) is 4.13.